The maximum Gasteiger partial charge on any atom is 0.336 e. The summed E-state index contributed by atoms with van der Waals surface area (Å²) in [7, 11) is 0. The van der Waals surface area contributed by atoms with Crippen molar-refractivity contribution in [3.05, 3.63) is 29.8 Å². The maximum absolute atomic E-state index is 11.3. The van der Waals surface area contributed by atoms with Crippen LogP contribution in [0.5, 0.6) is 0 Å². The first kappa shape index (κ1) is 8.07. The molecular weight excluding hydrogens is 166 g/mol. The number of urea groups is 1. The summed E-state index contributed by atoms with van der Waals surface area (Å²) in [6.45, 7) is 0.711. The van der Waals surface area contributed by atoms with Gasteiger partial charge in [-0.05, 0) is 18.1 Å². The second kappa shape index (κ2) is 3.06. The zero-order chi connectivity index (χ0) is 9.26. The number of benzene rings is 1. The first-order chi connectivity index (χ1) is 6.33. The number of carbonyl (C=O) groups excluding carboxylic acids is 1. The number of anilines is 1. The third-order valence-corrected chi connectivity index (χ3v) is 2.26. The van der Waals surface area contributed by atoms with Gasteiger partial charge in [0.1, 0.15) is 0 Å². The molecular formula is C9H11N3O. The summed E-state index contributed by atoms with van der Waals surface area (Å²) in [4.78, 5) is 12.9. The lowest BCUT2D eigenvalue weighted by Crippen LogP contribution is -2.42. The van der Waals surface area contributed by atoms with Crippen molar-refractivity contribution in [1.29, 1.82) is 0 Å². The Morgan fingerprint density at radius 3 is 3.00 bits per heavy atom. The van der Waals surface area contributed by atoms with Crippen molar-refractivity contribution >= 4 is 11.7 Å². The van der Waals surface area contributed by atoms with Crippen LogP contribution in [0.3, 0.4) is 0 Å². The van der Waals surface area contributed by atoms with Crippen molar-refractivity contribution in [1.82, 2.24) is 5.43 Å². The molecule has 0 unspecified atom stereocenters. The minimum atomic E-state index is -0.245. The summed E-state index contributed by atoms with van der Waals surface area (Å²) in [6, 6.07) is 7.60. The van der Waals surface area contributed by atoms with Gasteiger partial charge in [0, 0.05) is 12.2 Å². The van der Waals surface area contributed by atoms with Gasteiger partial charge in [0.05, 0.1) is 0 Å². The molecule has 0 radical (unpaired) electrons. The zero-order valence-electron chi connectivity index (χ0n) is 7.16. The molecule has 68 valence electrons. The molecule has 13 heavy (non-hydrogen) atoms. The van der Waals surface area contributed by atoms with E-state index in [1.807, 2.05) is 24.3 Å². The van der Waals surface area contributed by atoms with E-state index < -0.39 is 0 Å². The predicted molar refractivity (Wildman–Crippen MR) is 50.2 cm³/mol. The van der Waals surface area contributed by atoms with Gasteiger partial charge in [-0.1, -0.05) is 18.2 Å². The summed E-state index contributed by atoms with van der Waals surface area (Å²) < 4.78 is 0. The molecule has 4 heteroatoms. The standard InChI is InChI=1S/C9H11N3O/c10-11-9(13)12-6-5-7-3-1-2-4-8(7)12/h1-4H,5-6,10H2,(H,11,13). The number of nitrogens with one attached hydrogen (secondary N) is 1. The van der Waals surface area contributed by atoms with Crippen LogP contribution < -0.4 is 16.2 Å². The van der Waals surface area contributed by atoms with Crippen LogP contribution >= 0.6 is 0 Å². The number of carbonyl (C=O) groups is 1. The molecule has 0 atom stereocenters. The molecule has 0 aliphatic carbocycles. The number of hydrogen-bond acceptors (Lipinski definition) is 2. The van der Waals surface area contributed by atoms with E-state index in [2.05, 4.69) is 5.43 Å². The van der Waals surface area contributed by atoms with Crippen LogP contribution in [0.25, 0.3) is 0 Å². The molecule has 0 bridgehead atoms. The molecule has 0 saturated carbocycles. The van der Waals surface area contributed by atoms with Crippen molar-refractivity contribution in [2.75, 3.05) is 11.4 Å². The van der Waals surface area contributed by atoms with Crippen molar-refractivity contribution in [3.63, 3.8) is 0 Å². The number of hydrazine groups is 1. The first-order valence-corrected chi connectivity index (χ1v) is 4.19. The highest BCUT2D eigenvalue weighted by Crippen LogP contribution is 2.26. The van der Waals surface area contributed by atoms with Gasteiger partial charge in [-0.2, -0.15) is 0 Å². The van der Waals surface area contributed by atoms with Gasteiger partial charge in [0.15, 0.2) is 0 Å². The van der Waals surface area contributed by atoms with Gasteiger partial charge in [-0.3, -0.25) is 10.3 Å². The van der Waals surface area contributed by atoms with Gasteiger partial charge in [0.25, 0.3) is 0 Å². The van der Waals surface area contributed by atoms with Crippen LogP contribution in [0.15, 0.2) is 24.3 Å². The highest BCUT2D eigenvalue weighted by molar-refractivity contribution is 5.93. The number of fused-ring (bicyclic) bond motifs is 1. The van der Waals surface area contributed by atoms with Crippen molar-refractivity contribution in [2.24, 2.45) is 5.84 Å². The van der Waals surface area contributed by atoms with Crippen molar-refractivity contribution in [2.45, 2.75) is 6.42 Å². The van der Waals surface area contributed by atoms with E-state index in [-0.39, 0.29) is 6.03 Å². The second-order valence-electron chi connectivity index (χ2n) is 2.98. The number of hydrogen-bond donors (Lipinski definition) is 2. The van der Waals surface area contributed by atoms with Gasteiger partial charge >= 0.3 is 6.03 Å². The molecule has 3 N–H and O–H groups in total. The largest absolute Gasteiger partial charge is 0.336 e. The number of rotatable bonds is 0. The SMILES string of the molecule is NNC(=O)N1CCc2ccccc21. The fourth-order valence-electron chi connectivity index (χ4n) is 1.63. The quantitative estimate of drug-likeness (QED) is 0.347. The van der Waals surface area contributed by atoms with E-state index in [1.165, 1.54) is 5.56 Å². The Morgan fingerprint density at radius 2 is 2.23 bits per heavy atom. The van der Waals surface area contributed by atoms with E-state index in [0.717, 1.165) is 12.1 Å². The number of amides is 2. The maximum atomic E-state index is 11.3. The van der Waals surface area contributed by atoms with Crippen LogP contribution in [0.4, 0.5) is 10.5 Å². The van der Waals surface area contributed by atoms with Gasteiger partial charge in [0.2, 0.25) is 0 Å². The molecule has 1 aliphatic rings. The highest BCUT2D eigenvalue weighted by Gasteiger charge is 2.22. The molecule has 0 saturated heterocycles. The molecule has 1 aromatic rings. The van der Waals surface area contributed by atoms with E-state index in [4.69, 9.17) is 5.84 Å². The summed E-state index contributed by atoms with van der Waals surface area (Å²) >= 11 is 0. The summed E-state index contributed by atoms with van der Waals surface area (Å²) in [6.07, 6.45) is 0.906. The fourth-order valence-corrected chi connectivity index (χ4v) is 1.63. The van der Waals surface area contributed by atoms with Gasteiger partial charge in [-0.15, -0.1) is 0 Å². The van der Waals surface area contributed by atoms with Crippen LogP contribution in [0, 0.1) is 0 Å². The molecule has 2 amide bonds. The summed E-state index contributed by atoms with van der Waals surface area (Å²) in [5, 5.41) is 0. The van der Waals surface area contributed by atoms with E-state index >= 15 is 0 Å². The monoisotopic (exact) mass is 177 g/mol. The molecule has 1 heterocycles. The molecule has 1 aliphatic heterocycles. The van der Waals surface area contributed by atoms with Gasteiger partial charge in [-0.25, -0.2) is 10.6 Å². The predicted octanol–water partition coefficient (Wildman–Crippen LogP) is 0.632. The van der Waals surface area contributed by atoms with Crippen molar-refractivity contribution in [3.8, 4) is 0 Å². The lowest BCUT2D eigenvalue weighted by Gasteiger charge is -2.15. The summed E-state index contributed by atoms with van der Waals surface area (Å²) in [5.74, 6) is 5.07. The third kappa shape index (κ3) is 1.25. The Kier molecular flexibility index (Phi) is 1.90. The average molecular weight is 177 g/mol. The van der Waals surface area contributed by atoms with Crippen LogP contribution in [-0.2, 0) is 6.42 Å². The number of nitrogens with zero attached hydrogens (tertiary/aromatic N) is 1. The highest BCUT2D eigenvalue weighted by atomic mass is 16.2. The van der Waals surface area contributed by atoms with E-state index in [0.29, 0.717) is 6.54 Å². The van der Waals surface area contributed by atoms with Crippen molar-refractivity contribution < 1.29 is 4.79 Å². The van der Waals surface area contributed by atoms with Gasteiger partial charge < -0.3 is 0 Å². The molecule has 0 aromatic heterocycles. The minimum absolute atomic E-state index is 0.245. The number of para-hydroxylation sites is 1. The minimum Gasteiger partial charge on any atom is -0.293 e. The average Bonchev–Trinajstić information content (AvgIpc) is 2.60. The second-order valence-corrected chi connectivity index (χ2v) is 2.98. The fraction of sp³-hybridized carbons (Fsp3) is 0.222. The smallest absolute Gasteiger partial charge is 0.293 e. The Balaban J connectivity index is 2.33. The third-order valence-electron chi connectivity index (χ3n) is 2.26. The van der Waals surface area contributed by atoms with E-state index in [1.54, 1.807) is 4.90 Å². The molecule has 0 fully saturated rings. The van der Waals surface area contributed by atoms with Crippen LogP contribution in [0.2, 0.25) is 0 Å². The molecule has 0 spiro atoms. The lowest BCUT2D eigenvalue weighted by atomic mass is 10.2. The number of nitrogens with two attached hydrogens (primary N) is 1. The molecule has 4 nitrogen and oxygen atoms in total. The van der Waals surface area contributed by atoms with Crippen LogP contribution in [0.1, 0.15) is 5.56 Å². The molecule has 2 rings (SSSR count). The Morgan fingerprint density at radius 1 is 1.46 bits per heavy atom. The Hall–Kier alpha value is -1.55. The van der Waals surface area contributed by atoms with Crippen LogP contribution in [-0.4, -0.2) is 12.6 Å². The normalized spacial score (nSPS) is 14.1. The lowest BCUT2D eigenvalue weighted by molar-refractivity contribution is 0.247. The Bertz CT molecular complexity index is 337. The zero-order valence-corrected chi connectivity index (χ0v) is 7.16. The Labute approximate surface area is 76.3 Å². The topological polar surface area (TPSA) is 58.4 Å². The van der Waals surface area contributed by atoms with E-state index in [9.17, 15) is 4.79 Å². The molecule has 1 aromatic carbocycles. The summed E-state index contributed by atoms with van der Waals surface area (Å²) in [5.41, 5.74) is 4.30. The first-order valence-electron chi connectivity index (χ1n) is 4.19.